The topological polar surface area (TPSA) is 75.5 Å². The minimum atomic E-state index is -4.52. The number of carbonyl (C=O) groups excluding carboxylic acids is 1. The maximum atomic E-state index is 13.0. The summed E-state index contributed by atoms with van der Waals surface area (Å²) in [4.78, 5) is 22.6. The van der Waals surface area contributed by atoms with Crippen molar-refractivity contribution < 1.29 is 27.8 Å². The first-order chi connectivity index (χ1) is 13.8. The fourth-order valence-electron chi connectivity index (χ4n) is 2.98. The van der Waals surface area contributed by atoms with Gasteiger partial charge < -0.3 is 14.7 Å². The summed E-state index contributed by atoms with van der Waals surface area (Å²) in [6.45, 7) is 0.101. The molecule has 1 amide bonds. The van der Waals surface area contributed by atoms with Gasteiger partial charge in [-0.25, -0.2) is 4.98 Å². The van der Waals surface area contributed by atoms with Gasteiger partial charge in [0.05, 0.1) is 12.1 Å². The molecule has 29 heavy (non-hydrogen) atoms. The number of fused-ring (bicyclic) bond motifs is 1. The Hall–Kier alpha value is -3.62. The van der Waals surface area contributed by atoms with Crippen LogP contribution in [0.25, 0.3) is 11.4 Å². The average Bonchev–Trinajstić information content (AvgIpc) is 2.86. The molecule has 1 aliphatic rings. The molecule has 0 bridgehead atoms. The fraction of sp³-hybridized carbons (Fsp3) is 0.150. The van der Waals surface area contributed by atoms with Gasteiger partial charge in [-0.3, -0.25) is 4.79 Å². The van der Waals surface area contributed by atoms with E-state index in [2.05, 4.69) is 9.97 Å². The highest BCUT2D eigenvalue weighted by Gasteiger charge is 2.32. The third-order valence-corrected chi connectivity index (χ3v) is 4.37. The molecule has 148 valence electrons. The molecule has 0 saturated carbocycles. The summed E-state index contributed by atoms with van der Waals surface area (Å²) in [5.74, 6) is -0.231. The zero-order chi connectivity index (χ0) is 20.6. The van der Waals surface area contributed by atoms with Gasteiger partial charge in [0.2, 0.25) is 5.88 Å². The van der Waals surface area contributed by atoms with Crippen molar-refractivity contribution in [2.24, 2.45) is 0 Å². The standard InChI is InChI=1S/C20H14F3N3O3/c21-20(22,23)13-4-2-5-14(10-13)26-7-8-29-18-16(19(26)28)11-24-17(25-18)12-3-1-6-15(27)9-12/h1-6,9-11,27H,7-8H2. The lowest BCUT2D eigenvalue weighted by Gasteiger charge is -2.21. The second-order valence-electron chi connectivity index (χ2n) is 6.32. The number of phenolic OH excluding ortho intramolecular Hbond substituents is 1. The summed E-state index contributed by atoms with van der Waals surface area (Å²) in [6, 6.07) is 10.8. The zero-order valence-electron chi connectivity index (χ0n) is 14.8. The number of carbonyl (C=O) groups is 1. The number of aromatic nitrogens is 2. The summed E-state index contributed by atoms with van der Waals surface area (Å²) in [6.07, 6.45) is -3.24. The van der Waals surface area contributed by atoms with Crippen LogP contribution in [0.4, 0.5) is 18.9 Å². The minimum absolute atomic E-state index is 0.0359. The van der Waals surface area contributed by atoms with E-state index in [1.807, 2.05) is 0 Å². The number of ether oxygens (including phenoxy) is 1. The molecule has 1 N–H and O–H groups in total. The molecule has 0 fully saturated rings. The second-order valence-corrected chi connectivity index (χ2v) is 6.32. The highest BCUT2D eigenvalue weighted by Crippen LogP contribution is 2.33. The van der Waals surface area contributed by atoms with E-state index in [1.54, 1.807) is 12.1 Å². The minimum Gasteiger partial charge on any atom is -0.508 e. The number of phenols is 1. The van der Waals surface area contributed by atoms with Crippen LogP contribution in [0.2, 0.25) is 0 Å². The van der Waals surface area contributed by atoms with Crippen LogP contribution in [0.3, 0.4) is 0 Å². The van der Waals surface area contributed by atoms with E-state index in [0.29, 0.717) is 5.56 Å². The maximum Gasteiger partial charge on any atom is 0.416 e. The highest BCUT2D eigenvalue weighted by atomic mass is 19.4. The Balaban J connectivity index is 1.70. The number of anilines is 1. The maximum absolute atomic E-state index is 13.0. The molecule has 0 saturated heterocycles. The molecule has 2 heterocycles. The number of hydrogen-bond acceptors (Lipinski definition) is 5. The van der Waals surface area contributed by atoms with Crippen LogP contribution < -0.4 is 9.64 Å². The lowest BCUT2D eigenvalue weighted by atomic mass is 10.1. The van der Waals surface area contributed by atoms with Crippen LogP contribution in [0.1, 0.15) is 15.9 Å². The molecule has 6 nitrogen and oxygen atoms in total. The SMILES string of the molecule is O=C1c2cnc(-c3cccc(O)c3)nc2OCCN1c1cccc(C(F)(F)F)c1. The van der Waals surface area contributed by atoms with Gasteiger partial charge in [0, 0.05) is 17.4 Å². The van der Waals surface area contributed by atoms with E-state index < -0.39 is 17.6 Å². The molecule has 0 atom stereocenters. The van der Waals surface area contributed by atoms with E-state index in [4.69, 9.17) is 4.74 Å². The number of alkyl halides is 3. The van der Waals surface area contributed by atoms with Crippen LogP contribution in [0, 0.1) is 0 Å². The first-order valence-corrected chi connectivity index (χ1v) is 8.61. The van der Waals surface area contributed by atoms with Crippen LogP contribution in [0.15, 0.2) is 54.7 Å². The van der Waals surface area contributed by atoms with Crippen molar-refractivity contribution in [2.75, 3.05) is 18.1 Å². The zero-order valence-corrected chi connectivity index (χ0v) is 14.8. The Morgan fingerprint density at radius 1 is 1.10 bits per heavy atom. The van der Waals surface area contributed by atoms with Crippen molar-refractivity contribution in [3.8, 4) is 23.0 Å². The van der Waals surface area contributed by atoms with Gasteiger partial charge in [0.1, 0.15) is 17.9 Å². The molecule has 9 heteroatoms. The van der Waals surface area contributed by atoms with Crippen LogP contribution in [-0.2, 0) is 6.18 Å². The first-order valence-electron chi connectivity index (χ1n) is 8.61. The molecule has 1 aliphatic heterocycles. The van der Waals surface area contributed by atoms with Gasteiger partial charge >= 0.3 is 6.18 Å². The quantitative estimate of drug-likeness (QED) is 0.705. The van der Waals surface area contributed by atoms with Gasteiger partial charge in [-0.15, -0.1) is 0 Å². The van der Waals surface area contributed by atoms with Crippen molar-refractivity contribution in [3.05, 3.63) is 65.9 Å². The van der Waals surface area contributed by atoms with E-state index >= 15 is 0 Å². The molecule has 4 rings (SSSR count). The molecule has 2 aromatic carbocycles. The molecule has 0 radical (unpaired) electrons. The number of nitrogens with zero attached hydrogens (tertiary/aromatic N) is 3. The predicted molar refractivity (Wildman–Crippen MR) is 97.7 cm³/mol. The van der Waals surface area contributed by atoms with Gasteiger partial charge in [-0.1, -0.05) is 18.2 Å². The molecular formula is C20H14F3N3O3. The second kappa shape index (κ2) is 7.08. The molecule has 3 aromatic rings. The lowest BCUT2D eigenvalue weighted by Crippen LogP contribution is -2.32. The molecular weight excluding hydrogens is 387 g/mol. The first kappa shape index (κ1) is 18.7. The number of halogens is 3. The lowest BCUT2D eigenvalue weighted by molar-refractivity contribution is -0.137. The summed E-state index contributed by atoms with van der Waals surface area (Å²) < 4.78 is 44.6. The number of benzene rings is 2. The largest absolute Gasteiger partial charge is 0.508 e. The van der Waals surface area contributed by atoms with Crippen molar-refractivity contribution in [2.45, 2.75) is 6.18 Å². The Kier molecular flexibility index (Phi) is 4.57. The van der Waals surface area contributed by atoms with E-state index in [0.717, 1.165) is 12.1 Å². The monoisotopic (exact) mass is 401 g/mol. The third kappa shape index (κ3) is 3.71. The average molecular weight is 401 g/mol. The Labute approximate surface area is 163 Å². The Bertz CT molecular complexity index is 1090. The van der Waals surface area contributed by atoms with Crippen LogP contribution in [-0.4, -0.2) is 34.1 Å². The van der Waals surface area contributed by atoms with Gasteiger partial charge in [0.25, 0.3) is 5.91 Å². The van der Waals surface area contributed by atoms with Gasteiger partial charge in [-0.05, 0) is 30.3 Å². The summed E-state index contributed by atoms with van der Waals surface area (Å²) in [5.41, 5.74) is -0.159. The molecule has 0 spiro atoms. The smallest absolute Gasteiger partial charge is 0.416 e. The van der Waals surface area contributed by atoms with E-state index in [1.165, 1.54) is 35.4 Å². The van der Waals surface area contributed by atoms with Crippen molar-refractivity contribution in [1.29, 1.82) is 0 Å². The van der Waals surface area contributed by atoms with Crippen molar-refractivity contribution in [1.82, 2.24) is 9.97 Å². The Morgan fingerprint density at radius 3 is 2.66 bits per heavy atom. The molecule has 1 aromatic heterocycles. The third-order valence-electron chi connectivity index (χ3n) is 4.37. The summed E-state index contributed by atoms with van der Waals surface area (Å²) in [7, 11) is 0. The number of amides is 1. The fourth-order valence-corrected chi connectivity index (χ4v) is 2.98. The summed E-state index contributed by atoms with van der Waals surface area (Å²) in [5, 5.41) is 9.61. The number of rotatable bonds is 2. The van der Waals surface area contributed by atoms with E-state index in [-0.39, 0.29) is 41.9 Å². The summed E-state index contributed by atoms with van der Waals surface area (Å²) >= 11 is 0. The normalized spacial score (nSPS) is 14.2. The van der Waals surface area contributed by atoms with Gasteiger partial charge in [0.15, 0.2) is 5.82 Å². The van der Waals surface area contributed by atoms with Crippen LogP contribution >= 0.6 is 0 Å². The highest BCUT2D eigenvalue weighted by molar-refractivity contribution is 6.07. The van der Waals surface area contributed by atoms with Crippen LogP contribution in [0.5, 0.6) is 11.6 Å². The Morgan fingerprint density at radius 2 is 1.90 bits per heavy atom. The van der Waals surface area contributed by atoms with Crippen molar-refractivity contribution in [3.63, 3.8) is 0 Å². The number of hydrogen-bond donors (Lipinski definition) is 1. The molecule has 0 unspecified atom stereocenters. The molecule has 0 aliphatic carbocycles. The number of aromatic hydroxyl groups is 1. The van der Waals surface area contributed by atoms with E-state index in [9.17, 15) is 23.1 Å². The van der Waals surface area contributed by atoms with Crippen molar-refractivity contribution >= 4 is 11.6 Å². The predicted octanol–water partition coefficient (Wildman–Crippen LogP) is 3.91. The van der Waals surface area contributed by atoms with Gasteiger partial charge in [-0.2, -0.15) is 18.2 Å².